The molecule has 15 aromatic carbocycles. The molecule has 352 valence electrons. The normalized spacial score (nSPS) is 12.1. The van der Waals surface area contributed by atoms with E-state index in [0.717, 1.165) is 0 Å². The van der Waals surface area contributed by atoms with Crippen LogP contribution in [0.3, 0.4) is 0 Å². The summed E-state index contributed by atoms with van der Waals surface area (Å²) in [7, 11) is 3.03. The molecule has 76 heavy (non-hydrogen) atoms. The monoisotopic (exact) mass is 978 g/mol. The molecule has 0 aromatic heterocycles. The summed E-state index contributed by atoms with van der Waals surface area (Å²) in [6.45, 7) is 2.38. The SMILES string of the molecule is Cc1c2ccc3c4ccc5c6c(ccc(c(cccc7c(-c8ccccc8-c8ccccc8)c8ccccc8c(-c8ccccc8)c72)c13)c64)-c1cc2c(-c3ccccc3)c3ccccc3c(-c3ccccc3P)c2cc1-5. The molecule has 0 fully saturated rings. The van der Waals surface area contributed by atoms with Gasteiger partial charge in [-0.2, -0.15) is 0 Å². The lowest BCUT2D eigenvalue weighted by atomic mass is 9.82. The van der Waals surface area contributed by atoms with Crippen LogP contribution in [0.25, 0.3) is 164 Å². The van der Waals surface area contributed by atoms with Crippen molar-refractivity contribution in [1.82, 2.24) is 0 Å². The van der Waals surface area contributed by atoms with Gasteiger partial charge in [0.15, 0.2) is 0 Å². The van der Waals surface area contributed by atoms with Crippen LogP contribution in [0.5, 0.6) is 0 Å². The highest BCUT2D eigenvalue weighted by molar-refractivity contribution is 7.28. The molecular weight excluding hydrogens is 932 g/mol. The van der Waals surface area contributed by atoms with Crippen molar-refractivity contribution >= 4 is 101 Å². The van der Waals surface area contributed by atoms with E-state index in [1.54, 1.807) is 0 Å². The quantitative estimate of drug-likeness (QED) is 0.0916. The van der Waals surface area contributed by atoms with E-state index in [1.165, 1.54) is 175 Å². The van der Waals surface area contributed by atoms with Crippen LogP contribution >= 0.6 is 9.24 Å². The first-order chi connectivity index (χ1) is 37.6. The van der Waals surface area contributed by atoms with Gasteiger partial charge in [0.05, 0.1) is 0 Å². The molecule has 1 atom stereocenters. The Morgan fingerprint density at radius 2 is 0.618 bits per heavy atom. The second kappa shape index (κ2) is 16.7. The fourth-order valence-corrected chi connectivity index (χ4v) is 14.1. The van der Waals surface area contributed by atoms with Crippen molar-refractivity contribution in [3.8, 4) is 77.9 Å². The standard InChI is InChI=1S/C75H47P/c1-44-48-36-37-56-58-39-41-60-64-43-66-65(69(46-22-7-3-8-23-46)52-28-13-15-30-54(52)72(66)61-32-17-18-35-67(61)76)42-63(64)59-40-38-57(74(58)75(59)60)51(68(44)56)33-19-34-62-71(50-27-12-11-26-49(50)45-20-5-2-6-21-45)55-31-16-14-29-53(55)70(73(48)62)47-24-9-4-10-25-47/h2-43H,76H2,1H3. The summed E-state index contributed by atoms with van der Waals surface area (Å²) in [5.41, 5.74) is 18.9. The molecule has 1 aliphatic rings. The lowest BCUT2D eigenvalue weighted by Gasteiger charge is -2.21. The van der Waals surface area contributed by atoms with Crippen molar-refractivity contribution in [3.63, 3.8) is 0 Å². The van der Waals surface area contributed by atoms with Gasteiger partial charge in [0.2, 0.25) is 0 Å². The number of rotatable bonds is 5. The van der Waals surface area contributed by atoms with Crippen molar-refractivity contribution < 1.29 is 0 Å². The molecule has 0 saturated heterocycles. The smallest absolute Gasteiger partial charge is 0.00139 e. The molecule has 0 heterocycles. The Morgan fingerprint density at radius 1 is 0.211 bits per heavy atom. The van der Waals surface area contributed by atoms with Gasteiger partial charge in [0, 0.05) is 0 Å². The zero-order chi connectivity index (χ0) is 50.2. The van der Waals surface area contributed by atoms with Gasteiger partial charge in [-0.1, -0.05) is 243 Å². The highest BCUT2D eigenvalue weighted by Crippen LogP contribution is 2.56. The van der Waals surface area contributed by atoms with Crippen molar-refractivity contribution in [2.24, 2.45) is 0 Å². The Kier molecular flexibility index (Phi) is 9.48. The van der Waals surface area contributed by atoms with Crippen LogP contribution in [0.4, 0.5) is 0 Å². The van der Waals surface area contributed by atoms with Gasteiger partial charge in [-0.25, -0.2) is 0 Å². The van der Waals surface area contributed by atoms with Crippen LogP contribution in [0.2, 0.25) is 0 Å². The van der Waals surface area contributed by atoms with Gasteiger partial charge >= 0.3 is 0 Å². The molecule has 0 amide bonds. The fourth-order valence-electron chi connectivity index (χ4n) is 13.8. The maximum Gasteiger partial charge on any atom is -0.00139 e. The topological polar surface area (TPSA) is 0 Å². The van der Waals surface area contributed by atoms with Gasteiger partial charge in [0.1, 0.15) is 0 Å². The first-order valence-electron chi connectivity index (χ1n) is 26.5. The highest BCUT2D eigenvalue weighted by Gasteiger charge is 2.29. The number of fused-ring (bicyclic) bond motifs is 11. The number of benzene rings is 14. The summed E-state index contributed by atoms with van der Waals surface area (Å²) < 4.78 is 0. The first-order valence-corrected chi connectivity index (χ1v) is 27.0. The molecule has 0 nitrogen and oxygen atoms in total. The molecule has 0 N–H and O–H groups in total. The fraction of sp³-hybridized carbons (Fsp3) is 0.0133. The van der Waals surface area contributed by atoms with E-state index >= 15 is 0 Å². The Morgan fingerprint density at radius 3 is 1.24 bits per heavy atom. The molecule has 0 spiro atoms. The van der Waals surface area contributed by atoms with Crippen molar-refractivity contribution in [1.29, 1.82) is 0 Å². The van der Waals surface area contributed by atoms with Crippen LogP contribution in [0, 0.1) is 6.92 Å². The van der Waals surface area contributed by atoms with Crippen molar-refractivity contribution in [2.45, 2.75) is 6.92 Å². The van der Waals surface area contributed by atoms with Crippen LogP contribution in [-0.4, -0.2) is 0 Å². The Labute approximate surface area is 443 Å². The molecule has 16 rings (SSSR count). The summed E-state index contributed by atoms with van der Waals surface area (Å²) in [5.74, 6) is 0. The Balaban J connectivity index is 1.03. The molecule has 1 unspecified atom stereocenters. The predicted molar refractivity (Wildman–Crippen MR) is 332 cm³/mol. The third-order valence-corrected chi connectivity index (χ3v) is 17.4. The average molecular weight is 979 g/mol. The van der Waals surface area contributed by atoms with Crippen molar-refractivity contribution in [3.05, 3.63) is 260 Å². The van der Waals surface area contributed by atoms with E-state index in [2.05, 4.69) is 271 Å². The average Bonchev–Trinajstić information content (AvgIpc) is 4.03. The number of hydrogen-bond donors (Lipinski definition) is 0. The zero-order valence-electron chi connectivity index (χ0n) is 41.8. The van der Waals surface area contributed by atoms with E-state index in [0.29, 0.717) is 0 Å². The summed E-state index contributed by atoms with van der Waals surface area (Å²) in [6, 6.07) is 95.7. The minimum Gasteiger partial charge on any atom is -0.105 e. The summed E-state index contributed by atoms with van der Waals surface area (Å²) in [6.07, 6.45) is 0. The lowest BCUT2D eigenvalue weighted by Crippen LogP contribution is -1.99. The minimum absolute atomic E-state index is 1.19. The van der Waals surface area contributed by atoms with Gasteiger partial charge < -0.3 is 0 Å². The molecule has 2 bridgehead atoms. The molecule has 1 heteroatoms. The number of hydrogen-bond acceptors (Lipinski definition) is 0. The zero-order valence-corrected chi connectivity index (χ0v) is 43.0. The van der Waals surface area contributed by atoms with Crippen molar-refractivity contribution in [2.75, 3.05) is 0 Å². The predicted octanol–water partition coefficient (Wildman–Crippen LogP) is 20.7. The highest BCUT2D eigenvalue weighted by atomic mass is 31.0. The first kappa shape index (κ1) is 43.2. The molecular formula is C75H47P. The second-order valence-electron chi connectivity index (χ2n) is 20.7. The molecule has 1 aliphatic carbocycles. The van der Waals surface area contributed by atoms with Crippen LogP contribution in [0.1, 0.15) is 5.56 Å². The Hall–Kier alpha value is -9.19. The van der Waals surface area contributed by atoms with E-state index in [4.69, 9.17) is 0 Å². The lowest BCUT2D eigenvalue weighted by molar-refractivity contribution is 1.60. The third-order valence-electron chi connectivity index (χ3n) is 16.9. The molecule has 0 radical (unpaired) electrons. The van der Waals surface area contributed by atoms with Crippen LogP contribution in [0.15, 0.2) is 255 Å². The maximum absolute atomic E-state index is 3.03. The van der Waals surface area contributed by atoms with Gasteiger partial charge in [0.25, 0.3) is 0 Å². The third kappa shape index (κ3) is 6.11. The largest absolute Gasteiger partial charge is 0.105 e. The molecule has 0 saturated carbocycles. The minimum atomic E-state index is 1.19. The van der Waals surface area contributed by atoms with Gasteiger partial charge in [-0.15, -0.1) is 9.24 Å². The van der Waals surface area contributed by atoms with E-state index < -0.39 is 0 Å². The summed E-state index contributed by atoms with van der Waals surface area (Å²) in [4.78, 5) is 0. The number of aryl methyl sites for hydroxylation is 1. The summed E-state index contributed by atoms with van der Waals surface area (Å²) >= 11 is 0. The maximum atomic E-state index is 3.03. The van der Waals surface area contributed by atoms with Crippen LogP contribution in [-0.2, 0) is 0 Å². The van der Waals surface area contributed by atoms with E-state index in [1.807, 2.05) is 0 Å². The Bertz CT molecular complexity index is 4970. The van der Waals surface area contributed by atoms with Crippen LogP contribution < -0.4 is 5.30 Å². The van der Waals surface area contributed by atoms with Gasteiger partial charge in [-0.05, 0) is 194 Å². The summed E-state index contributed by atoms with van der Waals surface area (Å²) in [5, 5.41) is 21.6. The van der Waals surface area contributed by atoms with E-state index in [9.17, 15) is 0 Å². The molecule has 0 aliphatic heterocycles. The second-order valence-corrected chi connectivity index (χ2v) is 21.3. The van der Waals surface area contributed by atoms with Gasteiger partial charge in [-0.3, -0.25) is 0 Å². The molecule has 15 aromatic rings. The van der Waals surface area contributed by atoms with E-state index in [-0.39, 0.29) is 0 Å².